The topological polar surface area (TPSA) is 51.1 Å². The summed E-state index contributed by atoms with van der Waals surface area (Å²) in [6.07, 6.45) is 1.83. The highest BCUT2D eigenvalue weighted by Crippen LogP contribution is 2.35. The predicted octanol–water partition coefficient (Wildman–Crippen LogP) is 6.47. The fourth-order valence-corrected chi connectivity index (χ4v) is 4.37. The van der Waals surface area contributed by atoms with Gasteiger partial charge in [0, 0.05) is 17.6 Å². The molecule has 7 heteroatoms. The Morgan fingerprint density at radius 1 is 1.06 bits per heavy atom. The fourth-order valence-electron chi connectivity index (χ4n) is 3.20. The third kappa shape index (κ3) is 5.41. The summed E-state index contributed by atoms with van der Waals surface area (Å²) in [4.78, 5) is 19.5. The largest absolute Gasteiger partial charge is 0.493 e. The highest BCUT2D eigenvalue weighted by atomic mass is 35.5. The third-order valence-corrected chi connectivity index (χ3v) is 6.52. The van der Waals surface area contributed by atoms with Crippen LogP contribution in [0.15, 0.2) is 76.6 Å². The molecule has 1 heterocycles. The molecule has 0 radical (unpaired) electrons. The molecular formula is C26H23ClN2O3S. The Labute approximate surface area is 202 Å². The van der Waals surface area contributed by atoms with Gasteiger partial charge in [-0.15, -0.1) is 0 Å². The maximum absolute atomic E-state index is 12.8. The van der Waals surface area contributed by atoms with Gasteiger partial charge in [-0.3, -0.25) is 9.69 Å². The standard InChI is InChI=1S/C26H23ClN2O3S/c1-17-8-11-20(12-9-17)28-26-29(2)25(30)24(33-26)15-18-10-13-22(23(14-18)31-3)32-16-19-6-4-5-7-21(19)27/h4-15H,16H2,1-3H3/b24-15+,28-26?. The zero-order valence-electron chi connectivity index (χ0n) is 18.5. The molecule has 4 rings (SSSR count). The van der Waals surface area contributed by atoms with Crippen LogP contribution in [0.1, 0.15) is 16.7 Å². The molecule has 0 bridgehead atoms. The first-order valence-electron chi connectivity index (χ1n) is 10.3. The van der Waals surface area contributed by atoms with Crippen molar-refractivity contribution < 1.29 is 14.3 Å². The highest BCUT2D eigenvalue weighted by molar-refractivity contribution is 8.18. The summed E-state index contributed by atoms with van der Waals surface area (Å²) < 4.78 is 11.4. The van der Waals surface area contributed by atoms with Gasteiger partial charge in [0.1, 0.15) is 6.61 Å². The number of amidine groups is 1. The lowest BCUT2D eigenvalue weighted by Gasteiger charge is -2.12. The molecule has 1 saturated heterocycles. The summed E-state index contributed by atoms with van der Waals surface area (Å²) in [5.41, 5.74) is 3.70. The SMILES string of the molecule is COc1cc(/C=C2/SC(=Nc3ccc(C)cc3)N(C)C2=O)ccc1OCc1ccccc1Cl. The number of ether oxygens (including phenoxy) is 2. The normalized spacial score (nSPS) is 16.0. The van der Waals surface area contributed by atoms with E-state index in [0.29, 0.717) is 33.2 Å². The van der Waals surface area contributed by atoms with Crippen LogP contribution in [0.4, 0.5) is 5.69 Å². The van der Waals surface area contributed by atoms with E-state index in [0.717, 1.165) is 22.4 Å². The Balaban J connectivity index is 1.52. The van der Waals surface area contributed by atoms with Crippen LogP contribution in [0, 0.1) is 6.92 Å². The van der Waals surface area contributed by atoms with Gasteiger partial charge in [-0.25, -0.2) is 4.99 Å². The molecule has 3 aromatic rings. The van der Waals surface area contributed by atoms with Crippen LogP contribution in [0.2, 0.25) is 5.02 Å². The second kappa shape index (κ2) is 10.1. The number of halogens is 1. The quantitative estimate of drug-likeness (QED) is 0.381. The zero-order valence-corrected chi connectivity index (χ0v) is 20.1. The van der Waals surface area contributed by atoms with E-state index in [-0.39, 0.29) is 5.91 Å². The summed E-state index contributed by atoms with van der Waals surface area (Å²) in [7, 11) is 3.32. The van der Waals surface area contributed by atoms with Gasteiger partial charge >= 0.3 is 0 Å². The van der Waals surface area contributed by atoms with Crippen molar-refractivity contribution in [1.82, 2.24) is 4.90 Å². The average molecular weight is 479 g/mol. The number of methoxy groups -OCH3 is 1. The second-order valence-electron chi connectivity index (χ2n) is 7.50. The number of rotatable bonds is 6. The van der Waals surface area contributed by atoms with Gasteiger partial charge < -0.3 is 9.47 Å². The maximum atomic E-state index is 12.8. The first-order valence-corrected chi connectivity index (χ1v) is 11.5. The Kier molecular flexibility index (Phi) is 7.06. The number of thioether (sulfide) groups is 1. The van der Waals surface area contributed by atoms with Crippen molar-refractivity contribution in [2.24, 2.45) is 4.99 Å². The smallest absolute Gasteiger partial charge is 0.266 e. The molecule has 0 spiro atoms. The van der Waals surface area contributed by atoms with E-state index >= 15 is 0 Å². The van der Waals surface area contributed by atoms with Crippen LogP contribution in [0.3, 0.4) is 0 Å². The minimum atomic E-state index is -0.0936. The fraction of sp³-hybridized carbons (Fsp3) is 0.154. The van der Waals surface area contributed by atoms with Crippen molar-refractivity contribution in [3.05, 3.63) is 93.3 Å². The van der Waals surface area contributed by atoms with Crippen molar-refractivity contribution in [3.8, 4) is 11.5 Å². The molecule has 33 heavy (non-hydrogen) atoms. The van der Waals surface area contributed by atoms with Crippen molar-refractivity contribution in [2.45, 2.75) is 13.5 Å². The van der Waals surface area contributed by atoms with Gasteiger partial charge in [0.25, 0.3) is 5.91 Å². The first kappa shape index (κ1) is 23.0. The summed E-state index contributed by atoms with van der Waals surface area (Å²) >= 11 is 7.56. The molecule has 168 valence electrons. The van der Waals surface area contributed by atoms with E-state index in [9.17, 15) is 4.79 Å². The molecule has 5 nitrogen and oxygen atoms in total. The minimum Gasteiger partial charge on any atom is -0.493 e. The molecule has 0 atom stereocenters. The number of benzene rings is 3. The number of amides is 1. The number of nitrogens with zero attached hydrogens (tertiary/aromatic N) is 2. The van der Waals surface area contributed by atoms with Gasteiger partial charge in [0.2, 0.25) is 0 Å². The number of likely N-dealkylation sites (N-methyl/N-ethyl adjacent to an activating group) is 1. The van der Waals surface area contributed by atoms with E-state index in [1.165, 1.54) is 11.8 Å². The summed E-state index contributed by atoms with van der Waals surface area (Å²) in [5.74, 6) is 1.08. The van der Waals surface area contributed by atoms with Gasteiger partial charge in [0.15, 0.2) is 16.7 Å². The molecule has 1 aliphatic rings. The van der Waals surface area contributed by atoms with Crippen molar-refractivity contribution >= 4 is 46.2 Å². The number of hydrogen-bond donors (Lipinski definition) is 0. The number of aliphatic imine (C=N–C) groups is 1. The number of carbonyl (C=O) groups excluding carboxylic acids is 1. The molecule has 1 aliphatic heterocycles. The van der Waals surface area contributed by atoms with Crippen LogP contribution in [-0.4, -0.2) is 30.1 Å². The molecule has 3 aromatic carbocycles. The zero-order chi connectivity index (χ0) is 23.4. The number of hydrogen-bond acceptors (Lipinski definition) is 5. The van der Waals surface area contributed by atoms with E-state index in [1.54, 1.807) is 19.1 Å². The lowest BCUT2D eigenvalue weighted by molar-refractivity contribution is -0.121. The Morgan fingerprint density at radius 2 is 1.82 bits per heavy atom. The summed E-state index contributed by atoms with van der Waals surface area (Å²) in [6.45, 7) is 2.35. The first-order chi connectivity index (χ1) is 15.9. The van der Waals surface area contributed by atoms with Gasteiger partial charge in [-0.1, -0.05) is 53.6 Å². The Morgan fingerprint density at radius 3 is 2.55 bits per heavy atom. The summed E-state index contributed by atoms with van der Waals surface area (Å²) in [5, 5.41) is 1.29. The molecule has 0 unspecified atom stereocenters. The van der Waals surface area contributed by atoms with Crippen molar-refractivity contribution in [3.63, 3.8) is 0 Å². The number of aryl methyl sites for hydroxylation is 1. The second-order valence-corrected chi connectivity index (χ2v) is 8.91. The summed E-state index contributed by atoms with van der Waals surface area (Å²) in [6, 6.07) is 21.0. The van der Waals surface area contributed by atoms with E-state index in [2.05, 4.69) is 4.99 Å². The molecule has 1 fully saturated rings. The van der Waals surface area contributed by atoms with Crippen LogP contribution >= 0.6 is 23.4 Å². The van der Waals surface area contributed by atoms with Crippen LogP contribution < -0.4 is 9.47 Å². The lowest BCUT2D eigenvalue weighted by Crippen LogP contribution is -2.23. The Hall–Kier alpha value is -3.22. The van der Waals surface area contributed by atoms with E-state index in [1.807, 2.05) is 79.7 Å². The molecule has 0 saturated carbocycles. The van der Waals surface area contributed by atoms with Gasteiger partial charge in [-0.05, 0) is 60.7 Å². The Bertz CT molecular complexity index is 1240. The molecular weight excluding hydrogens is 456 g/mol. The highest BCUT2D eigenvalue weighted by Gasteiger charge is 2.30. The van der Waals surface area contributed by atoms with Crippen LogP contribution in [-0.2, 0) is 11.4 Å². The number of carbonyl (C=O) groups is 1. The maximum Gasteiger partial charge on any atom is 0.266 e. The molecule has 0 aliphatic carbocycles. The van der Waals surface area contributed by atoms with Crippen molar-refractivity contribution in [1.29, 1.82) is 0 Å². The minimum absolute atomic E-state index is 0.0936. The molecule has 0 aromatic heterocycles. The monoisotopic (exact) mass is 478 g/mol. The van der Waals surface area contributed by atoms with E-state index in [4.69, 9.17) is 21.1 Å². The van der Waals surface area contributed by atoms with Crippen LogP contribution in [0.25, 0.3) is 6.08 Å². The lowest BCUT2D eigenvalue weighted by atomic mass is 10.2. The van der Waals surface area contributed by atoms with E-state index < -0.39 is 0 Å². The molecule has 1 amide bonds. The average Bonchev–Trinajstić information content (AvgIpc) is 3.08. The third-order valence-electron chi connectivity index (χ3n) is 5.09. The predicted molar refractivity (Wildman–Crippen MR) is 135 cm³/mol. The van der Waals surface area contributed by atoms with Gasteiger partial charge in [-0.2, -0.15) is 0 Å². The van der Waals surface area contributed by atoms with Crippen molar-refractivity contribution in [2.75, 3.05) is 14.2 Å². The molecule has 0 N–H and O–H groups in total. The van der Waals surface area contributed by atoms with Crippen LogP contribution in [0.5, 0.6) is 11.5 Å². The van der Waals surface area contributed by atoms with Gasteiger partial charge in [0.05, 0.1) is 17.7 Å².